The molecule has 0 fully saturated rings. The first kappa shape index (κ1) is 7.96. The van der Waals surface area contributed by atoms with Crippen molar-refractivity contribution in [2.75, 3.05) is 0 Å². The fraction of sp³-hybridized carbons (Fsp3) is 0.857. The van der Waals surface area contributed by atoms with Crippen LogP contribution in [0, 0.1) is 6.10 Å². The zero-order valence-corrected chi connectivity index (χ0v) is 5.78. The molecule has 49 valence electrons. The van der Waals surface area contributed by atoms with E-state index in [0.717, 1.165) is 25.7 Å². The van der Waals surface area contributed by atoms with Gasteiger partial charge in [0.05, 0.1) is 6.10 Å². The van der Waals surface area contributed by atoms with Gasteiger partial charge in [-0.2, -0.15) is 0 Å². The van der Waals surface area contributed by atoms with E-state index in [4.69, 9.17) is 5.11 Å². The molecule has 0 aromatic rings. The summed E-state index contributed by atoms with van der Waals surface area (Å²) in [5.41, 5.74) is 0. The minimum Gasteiger partial charge on any atom is -0.387 e. The summed E-state index contributed by atoms with van der Waals surface area (Å²) < 4.78 is 0. The van der Waals surface area contributed by atoms with Crippen LogP contribution in [0.2, 0.25) is 0 Å². The Morgan fingerprint density at radius 3 is 1.75 bits per heavy atom. The van der Waals surface area contributed by atoms with E-state index >= 15 is 0 Å². The highest BCUT2D eigenvalue weighted by molar-refractivity contribution is 4.72. The average Bonchev–Trinajstić information content (AvgIpc) is 1.68. The van der Waals surface area contributed by atoms with Crippen LogP contribution >= 0.6 is 0 Å². The summed E-state index contributed by atoms with van der Waals surface area (Å²) >= 11 is 0. The largest absolute Gasteiger partial charge is 0.387 e. The molecule has 0 aliphatic carbocycles. The Labute approximate surface area is 51.7 Å². The third-order valence-corrected chi connectivity index (χ3v) is 1.08. The van der Waals surface area contributed by atoms with Crippen LogP contribution in [-0.4, -0.2) is 5.11 Å². The lowest BCUT2D eigenvalue weighted by Gasteiger charge is -2.03. The molecule has 1 N–H and O–H groups in total. The van der Waals surface area contributed by atoms with Crippen LogP contribution in [0.4, 0.5) is 0 Å². The second-order valence-corrected chi connectivity index (χ2v) is 2.07. The summed E-state index contributed by atoms with van der Waals surface area (Å²) in [7, 11) is 0. The Bertz CT molecular complexity index is 37.7. The lowest BCUT2D eigenvalue weighted by atomic mass is 10.1. The first-order valence-corrected chi connectivity index (χ1v) is 3.34. The Kier molecular flexibility index (Phi) is 5.08. The average molecular weight is 115 g/mol. The van der Waals surface area contributed by atoms with Crippen LogP contribution < -0.4 is 0 Å². The molecule has 0 aliphatic rings. The molecule has 0 aromatic carbocycles. The topological polar surface area (TPSA) is 20.2 Å². The first-order valence-electron chi connectivity index (χ1n) is 3.34. The van der Waals surface area contributed by atoms with Crippen LogP contribution in [0.15, 0.2) is 0 Å². The third kappa shape index (κ3) is 4.13. The fourth-order valence-electron chi connectivity index (χ4n) is 0.702. The maximum atomic E-state index is 8.97. The molecule has 0 aromatic heterocycles. The summed E-state index contributed by atoms with van der Waals surface area (Å²) in [5.74, 6) is 0. The molecule has 1 heteroatoms. The Morgan fingerprint density at radius 2 is 1.50 bits per heavy atom. The normalized spacial score (nSPS) is 10.5. The molecule has 8 heavy (non-hydrogen) atoms. The number of aliphatic hydroxyl groups is 1. The van der Waals surface area contributed by atoms with Crippen LogP contribution in [-0.2, 0) is 0 Å². The molecule has 0 amide bonds. The van der Waals surface area contributed by atoms with Gasteiger partial charge in [-0.05, 0) is 12.8 Å². The molecular weight excluding hydrogens is 100 g/mol. The van der Waals surface area contributed by atoms with Crippen molar-refractivity contribution in [1.29, 1.82) is 0 Å². The van der Waals surface area contributed by atoms with Gasteiger partial charge in [0.15, 0.2) is 0 Å². The number of hydrogen-bond acceptors (Lipinski definition) is 1. The maximum Gasteiger partial charge on any atom is 0.0933 e. The predicted molar refractivity (Wildman–Crippen MR) is 35.0 cm³/mol. The van der Waals surface area contributed by atoms with Crippen molar-refractivity contribution < 1.29 is 5.11 Å². The molecule has 0 aliphatic heterocycles. The van der Waals surface area contributed by atoms with E-state index < -0.39 is 0 Å². The van der Waals surface area contributed by atoms with E-state index in [1.54, 1.807) is 0 Å². The van der Waals surface area contributed by atoms with Crippen molar-refractivity contribution in [1.82, 2.24) is 0 Å². The summed E-state index contributed by atoms with van der Waals surface area (Å²) in [5, 5.41) is 8.97. The minimum atomic E-state index is 0.662. The lowest BCUT2D eigenvalue weighted by Crippen LogP contribution is -1.92. The second kappa shape index (κ2) is 5.10. The summed E-state index contributed by atoms with van der Waals surface area (Å²) in [6.45, 7) is 4.15. The molecule has 0 saturated carbocycles. The van der Waals surface area contributed by atoms with E-state index in [-0.39, 0.29) is 0 Å². The van der Waals surface area contributed by atoms with Gasteiger partial charge in [-0.1, -0.05) is 26.7 Å². The van der Waals surface area contributed by atoms with Gasteiger partial charge in [-0.15, -0.1) is 0 Å². The second-order valence-electron chi connectivity index (χ2n) is 2.07. The van der Waals surface area contributed by atoms with Crippen molar-refractivity contribution in [2.45, 2.75) is 39.5 Å². The van der Waals surface area contributed by atoms with E-state index in [1.165, 1.54) is 0 Å². The van der Waals surface area contributed by atoms with Gasteiger partial charge < -0.3 is 5.11 Å². The highest BCUT2D eigenvalue weighted by Crippen LogP contribution is 2.10. The maximum absolute atomic E-state index is 8.97. The summed E-state index contributed by atoms with van der Waals surface area (Å²) in [6, 6.07) is 0. The molecule has 0 bridgehead atoms. The number of rotatable bonds is 4. The van der Waals surface area contributed by atoms with E-state index in [2.05, 4.69) is 13.8 Å². The molecule has 0 saturated heterocycles. The Balaban J connectivity index is 2.92. The molecular formula is C7H15O. The van der Waals surface area contributed by atoms with Gasteiger partial charge in [-0.25, -0.2) is 0 Å². The van der Waals surface area contributed by atoms with E-state index in [1.807, 2.05) is 0 Å². The Hall–Kier alpha value is -0.0400. The predicted octanol–water partition coefficient (Wildman–Crippen LogP) is 2.49. The van der Waals surface area contributed by atoms with Crippen molar-refractivity contribution >= 4 is 0 Å². The van der Waals surface area contributed by atoms with E-state index in [9.17, 15) is 0 Å². The standard InChI is InChI=1S/C7H15O/c1-3-5-7(8)6-4-2/h8H,3-6H2,1-2H3. The molecule has 1 nitrogen and oxygen atoms in total. The minimum absolute atomic E-state index is 0.662. The van der Waals surface area contributed by atoms with E-state index in [0.29, 0.717) is 6.10 Å². The Morgan fingerprint density at radius 1 is 1.12 bits per heavy atom. The number of hydrogen-bond donors (Lipinski definition) is 1. The summed E-state index contributed by atoms with van der Waals surface area (Å²) in [4.78, 5) is 0. The molecule has 0 unspecified atom stereocenters. The van der Waals surface area contributed by atoms with Gasteiger partial charge in [0.1, 0.15) is 0 Å². The van der Waals surface area contributed by atoms with Crippen LogP contribution in [0.5, 0.6) is 0 Å². The zero-order chi connectivity index (χ0) is 6.41. The van der Waals surface area contributed by atoms with Crippen molar-refractivity contribution in [3.63, 3.8) is 0 Å². The van der Waals surface area contributed by atoms with Gasteiger partial charge in [0.2, 0.25) is 0 Å². The van der Waals surface area contributed by atoms with Gasteiger partial charge in [0.25, 0.3) is 0 Å². The highest BCUT2D eigenvalue weighted by atomic mass is 16.3. The highest BCUT2D eigenvalue weighted by Gasteiger charge is 1.99. The molecule has 0 atom stereocenters. The van der Waals surface area contributed by atoms with Crippen LogP contribution in [0.1, 0.15) is 39.5 Å². The SMILES string of the molecule is CCC[C](O)CCC. The zero-order valence-electron chi connectivity index (χ0n) is 5.78. The van der Waals surface area contributed by atoms with Gasteiger partial charge in [-0.3, -0.25) is 0 Å². The monoisotopic (exact) mass is 115 g/mol. The number of aliphatic hydroxyl groups excluding tert-OH is 1. The lowest BCUT2D eigenvalue weighted by molar-refractivity contribution is 0.265. The molecule has 1 radical (unpaired) electrons. The first-order chi connectivity index (χ1) is 3.81. The summed E-state index contributed by atoms with van der Waals surface area (Å²) in [6.07, 6.45) is 4.55. The van der Waals surface area contributed by atoms with Gasteiger partial charge in [0, 0.05) is 0 Å². The third-order valence-electron chi connectivity index (χ3n) is 1.08. The smallest absolute Gasteiger partial charge is 0.0933 e. The quantitative estimate of drug-likeness (QED) is 0.596. The van der Waals surface area contributed by atoms with Crippen molar-refractivity contribution in [3.05, 3.63) is 6.10 Å². The van der Waals surface area contributed by atoms with Crippen LogP contribution in [0.25, 0.3) is 0 Å². The van der Waals surface area contributed by atoms with Gasteiger partial charge >= 0.3 is 0 Å². The van der Waals surface area contributed by atoms with Crippen molar-refractivity contribution in [2.24, 2.45) is 0 Å². The fourth-order valence-corrected chi connectivity index (χ4v) is 0.702. The van der Waals surface area contributed by atoms with Crippen molar-refractivity contribution in [3.8, 4) is 0 Å². The molecule has 0 spiro atoms. The van der Waals surface area contributed by atoms with Crippen LogP contribution in [0.3, 0.4) is 0 Å². The molecule has 0 rings (SSSR count). The molecule has 0 heterocycles.